The average Bonchev–Trinajstić information content (AvgIpc) is 2.44. The van der Waals surface area contributed by atoms with Gasteiger partial charge in [0.05, 0.1) is 12.0 Å². The summed E-state index contributed by atoms with van der Waals surface area (Å²) in [4.78, 5) is 29.2. The summed E-state index contributed by atoms with van der Waals surface area (Å²) >= 11 is 3.28. The molecule has 0 aliphatic carbocycles. The maximum atomic E-state index is 11.9. The number of carbonyl (C=O) groups is 2. The van der Waals surface area contributed by atoms with Gasteiger partial charge in [0.15, 0.2) is 0 Å². The van der Waals surface area contributed by atoms with E-state index in [1.165, 1.54) is 0 Å². The number of pyridine rings is 1. The fraction of sp³-hybridized carbons (Fsp3) is 0.500. The molecule has 2 rings (SSSR count). The number of carboxylic acid groups (broad SMARTS) is 1. The van der Waals surface area contributed by atoms with Crippen molar-refractivity contribution in [1.82, 2.24) is 9.88 Å². The molecule has 1 aliphatic heterocycles. The fourth-order valence-electron chi connectivity index (χ4n) is 2.25. The summed E-state index contributed by atoms with van der Waals surface area (Å²) in [6.07, 6.45) is 2.74. The largest absolute Gasteiger partial charge is 0.481 e. The SMILES string of the molecule is CC1(C(=O)O)CCN(CC(=O)Nc2ccc(Br)cn2)CC1. The van der Waals surface area contributed by atoms with Crippen molar-refractivity contribution in [2.75, 3.05) is 25.0 Å². The molecule has 21 heavy (non-hydrogen) atoms. The summed E-state index contributed by atoms with van der Waals surface area (Å²) < 4.78 is 0.851. The molecule has 1 saturated heterocycles. The van der Waals surface area contributed by atoms with Crippen LogP contribution in [0, 0.1) is 5.41 Å². The first-order valence-corrected chi connectivity index (χ1v) is 7.55. The van der Waals surface area contributed by atoms with Crippen LogP contribution in [0.2, 0.25) is 0 Å². The van der Waals surface area contributed by atoms with Crippen molar-refractivity contribution < 1.29 is 14.7 Å². The maximum Gasteiger partial charge on any atom is 0.309 e. The number of likely N-dealkylation sites (tertiary alicyclic amines) is 1. The van der Waals surface area contributed by atoms with Crippen LogP contribution < -0.4 is 5.32 Å². The second-order valence-corrected chi connectivity index (χ2v) is 6.47. The van der Waals surface area contributed by atoms with Crippen molar-refractivity contribution >= 4 is 33.6 Å². The Balaban J connectivity index is 1.82. The van der Waals surface area contributed by atoms with Gasteiger partial charge in [-0.3, -0.25) is 14.5 Å². The Hall–Kier alpha value is -1.47. The van der Waals surface area contributed by atoms with Crippen molar-refractivity contribution in [3.8, 4) is 0 Å². The zero-order valence-corrected chi connectivity index (χ0v) is 13.4. The summed E-state index contributed by atoms with van der Waals surface area (Å²) in [5.41, 5.74) is -0.666. The van der Waals surface area contributed by atoms with Crippen LogP contribution in [0.1, 0.15) is 19.8 Å². The van der Waals surface area contributed by atoms with Gasteiger partial charge in [-0.05, 0) is 60.9 Å². The maximum absolute atomic E-state index is 11.9. The van der Waals surface area contributed by atoms with Gasteiger partial charge in [-0.2, -0.15) is 0 Å². The number of carbonyl (C=O) groups excluding carboxylic acids is 1. The lowest BCUT2D eigenvalue weighted by Gasteiger charge is -2.35. The number of hydrogen-bond donors (Lipinski definition) is 2. The molecule has 0 saturated carbocycles. The highest BCUT2D eigenvalue weighted by atomic mass is 79.9. The topological polar surface area (TPSA) is 82.5 Å². The van der Waals surface area contributed by atoms with E-state index in [2.05, 4.69) is 26.2 Å². The van der Waals surface area contributed by atoms with E-state index in [1.54, 1.807) is 19.2 Å². The Labute approximate surface area is 131 Å². The Morgan fingerprint density at radius 3 is 2.62 bits per heavy atom. The standard InChI is InChI=1S/C14H18BrN3O3/c1-14(13(20)21)4-6-18(7-5-14)9-12(19)17-11-3-2-10(15)8-16-11/h2-3,8H,4-7,9H2,1H3,(H,20,21)(H,16,17,19). The molecule has 2 N–H and O–H groups in total. The molecule has 1 fully saturated rings. The molecule has 0 spiro atoms. The molecule has 7 heteroatoms. The van der Waals surface area contributed by atoms with E-state index < -0.39 is 11.4 Å². The number of nitrogens with zero attached hydrogens (tertiary/aromatic N) is 2. The number of rotatable bonds is 4. The van der Waals surface area contributed by atoms with Crippen LogP contribution in [0.15, 0.2) is 22.8 Å². The van der Waals surface area contributed by atoms with Crippen LogP contribution in [-0.2, 0) is 9.59 Å². The van der Waals surface area contributed by atoms with Crippen LogP contribution in [0.3, 0.4) is 0 Å². The van der Waals surface area contributed by atoms with Crippen molar-refractivity contribution in [3.05, 3.63) is 22.8 Å². The van der Waals surface area contributed by atoms with E-state index in [0.717, 1.165) is 4.47 Å². The van der Waals surface area contributed by atoms with Crippen LogP contribution in [0.4, 0.5) is 5.82 Å². The molecule has 1 aromatic heterocycles. The molecule has 1 aliphatic rings. The predicted octanol–water partition coefficient (Wildman–Crippen LogP) is 1.97. The summed E-state index contributed by atoms with van der Waals surface area (Å²) in [5, 5.41) is 11.9. The second kappa shape index (κ2) is 6.53. The molecule has 0 bridgehead atoms. The molecule has 1 aromatic rings. The van der Waals surface area contributed by atoms with Crippen molar-refractivity contribution in [2.45, 2.75) is 19.8 Å². The van der Waals surface area contributed by atoms with Gasteiger partial charge in [0, 0.05) is 10.7 Å². The minimum Gasteiger partial charge on any atom is -0.481 e. The molecule has 0 radical (unpaired) electrons. The van der Waals surface area contributed by atoms with Gasteiger partial charge < -0.3 is 10.4 Å². The quantitative estimate of drug-likeness (QED) is 0.862. The van der Waals surface area contributed by atoms with Gasteiger partial charge in [0.2, 0.25) is 5.91 Å². The van der Waals surface area contributed by atoms with E-state index in [-0.39, 0.29) is 12.5 Å². The molecule has 114 valence electrons. The lowest BCUT2D eigenvalue weighted by molar-refractivity contribution is -0.150. The first-order chi connectivity index (χ1) is 9.89. The highest BCUT2D eigenvalue weighted by Gasteiger charge is 2.37. The lowest BCUT2D eigenvalue weighted by Crippen LogP contribution is -2.45. The van der Waals surface area contributed by atoms with Crippen molar-refractivity contribution in [3.63, 3.8) is 0 Å². The highest BCUT2D eigenvalue weighted by Crippen LogP contribution is 2.30. The van der Waals surface area contributed by atoms with Gasteiger partial charge in [-0.1, -0.05) is 0 Å². The van der Waals surface area contributed by atoms with Crippen LogP contribution in [-0.4, -0.2) is 46.5 Å². The molecule has 0 unspecified atom stereocenters. The molecule has 2 heterocycles. The van der Waals surface area contributed by atoms with Gasteiger partial charge in [-0.25, -0.2) is 4.98 Å². The molecule has 6 nitrogen and oxygen atoms in total. The Morgan fingerprint density at radius 1 is 1.43 bits per heavy atom. The van der Waals surface area contributed by atoms with Crippen molar-refractivity contribution in [2.24, 2.45) is 5.41 Å². The smallest absolute Gasteiger partial charge is 0.309 e. The Kier molecular flexibility index (Phi) is 4.95. The van der Waals surface area contributed by atoms with Gasteiger partial charge in [-0.15, -0.1) is 0 Å². The number of piperidine rings is 1. The van der Waals surface area contributed by atoms with Crippen LogP contribution in [0.5, 0.6) is 0 Å². The number of hydrogen-bond acceptors (Lipinski definition) is 4. The van der Waals surface area contributed by atoms with Crippen LogP contribution >= 0.6 is 15.9 Å². The summed E-state index contributed by atoms with van der Waals surface area (Å²) in [7, 11) is 0. The van der Waals surface area contributed by atoms with Gasteiger partial charge >= 0.3 is 5.97 Å². The van der Waals surface area contributed by atoms with E-state index in [1.807, 2.05) is 11.0 Å². The van der Waals surface area contributed by atoms with Gasteiger partial charge in [0.1, 0.15) is 5.82 Å². The van der Waals surface area contributed by atoms with Crippen LogP contribution in [0.25, 0.3) is 0 Å². The van der Waals surface area contributed by atoms with E-state index >= 15 is 0 Å². The lowest BCUT2D eigenvalue weighted by atomic mass is 9.80. The van der Waals surface area contributed by atoms with Gasteiger partial charge in [0.25, 0.3) is 0 Å². The molecule has 0 atom stereocenters. The monoisotopic (exact) mass is 355 g/mol. The fourth-order valence-corrected chi connectivity index (χ4v) is 2.49. The number of aliphatic carboxylic acids is 1. The third-order valence-electron chi connectivity index (χ3n) is 3.84. The minimum absolute atomic E-state index is 0.135. The van der Waals surface area contributed by atoms with Crippen molar-refractivity contribution in [1.29, 1.82) is 0 Å². The number of carboxylic acids is 1. The summed E-state index contributed by atoms with van der Waals surface area (Å²) in [6.45, 7) is 3.25. The molecule has 1 amide bonds. The first kappa shape index (κ1) is 15.9. The third kappa shape index (κ3) is 4.25. The Bertz CT molecular complexity index is 525. The minimum atomic E-state index is -0.759. The predicted molar refractivity (Wildman–Crippen MR) is 82.0 cm³/mol. The van der Waals surface area contributed by atoms with E-state index in [4.69, 9.17) is 0 Å². The number of aromatic nitrogens is 1. The zero-order chi connectivity index (χ0) is 15.5. The highest BCUT2D eigenvalue weighted by molar-refractivity contribution is 9.10. The number of anilines is 1. The number of nitrogens with one attached hydrogen (secondary N) is 1. The first-order valence-electron chi connectivity index (χ1n) is 6.76. The second-order valence-electron chi connectivity index (χ2n) is 5.55. The molecular formula is C14H18BrN3O3. The third-order valence-corrected chi connectivity index (χ3v) is 4.31. The molecule has 0 aromatic carbocycles. The zero-order valence-electron chi connectivity index (χ0n) is 11.8. The summed E-state index contributed by atoms with van der Waals surface area (Å²) in [6, 6.07) is 3.53. The normalized spacial score (nSPS) is 18.2. The Morgan fingerprint density at radius 2 is 2.10 bits per heavy atom. The van der Waals surface area contributed by atoms with E-state index in [0.29, 0.717) is 31.7 Å². The molecular weight excluding hydrogens is 338 g/mol. The summed E-state index contributed by atoms with van der Waals surface area (Å²) in [5.74, 6) is -0.384. The number of amides is 1. The number of halogens is 1. The average molecular weight is 356 g/mol. The van der Waals surface area contributed by atoms with E-state index in [9.17, 15) is 14.7 Å².